The van der Waals surface area contributed by atoms with Crippen LogP contribution in [0.3, 0.4) is 0 Å². The standard InChI is InChI=1S/C21H29ClN2O2/c1-3-20(25)24(15-18-9-11-19(22)12-10-18)16(2)21(26)23-14-13-17-7-5-4-6-8-17/h7,9-12,16H,3-6,8,13-15H2,1-2H3,(H,23,26)/t16-/m1/s1. The van der Waals surface area contributed by atoms with E-state index in [1.54, 1.807) is 24.0 Å². The Morgan fingerprint density at radius 1 is 1.23 bits per heavy atom. The van der Waals surface area contributed by atoms with Crippen LogP contribution in [0.2, 0.25) is 5.02 Å². The lowest BCUT2D eigenvalue weighted by atomic mass is 9.97. The summed E-state index contributed by atoms with van der Waals surface area (Å²) in [5.41, 5.74) is 2.40. The molecule has 1 aromatic carbocycles. The Morgan fingerprint density at radius 3 is 2.58 bits per heavy atom. The van der Waals surface area contributed by atoms with E-state index >= 15 is 0 Å². The molecule has 0 fully saturated rings. The molecule has 1 aliphatic carbocycles. The van der Waals surface area contributed by atoms with E-state index in [-0.39, 0.29) is 11.8 Å². The fourth-order valence-electron chi connectivity index (χ4n) is 3.20. The van der Waals surface area contributed by atoms with Crippen molar-refractivity contribution < 1.29 is 9.59 Å². The summed E-state index contributed by atoms with van der Waals surface area (Å²) in [6, 6.07) is 6.87. The molecule has 0 saturated heterocycles. The van der Waals surface area contributed by atoms with Crippen molar-refractivity contribution in [1.82, 2.24) is 10.2 Å². The summed E-state index contributed by atoms with van der Waals surface area (Å²) >= 11 is 5.92. The predicted octanol–water partition coefficient (Wildman–Crippen LogP) is 4.47. The van der Waals surface area contributed by atoms with Gasteiger partial charge in [-0.25, -0.2) is 0 Å². The maximum atomic E-state index is 12.5. The van der Waals surface area contributed by atoms with Gasteiger partial charge in [-0.3, -0.25) is 9.59 Å². The molecule has 1 atom stereocenters. The molecule has 1 N–H and O–H groups in total. The minimum Gasteiger partial charge on any atom is -0.354 e. The molecule has 26 heavy (non-hydrogen) atoms. The molecule has 5 heteroatoms. The molecule has 0 aromatic heterocycles. The van der Waals surface area contributed by atoms with Crippen molar-refractivity contribution in [2.45, 2.75) is 65.0 Å². The summed E-state index contributed by atoms with van der Waals surface area (Å²) < 4.78 is 0. The zero-order valence-electron chi connectivity index (χ0n) is 15.8. The summed E-state index contributed by atoms with van der Waals surface area (Å²) in [4.78, 5) is 26.5. The van der Waals surface area contributed by atoms with Crippen LogP contribution in [0.4, 0.5) is 0 Å². The van der Waals surface area contributed by atoms with Crippen molar-refractivity contribution in [1.29, 1.82) is 0 Å². The Balaban J connectivity index is 1.92. The highest BCUT2D eigenvalue weighted by molar-refractivity contribution is 6.30. The molecule has 0 aliphatic heterocycles. The molecule has 142 valence electrons. The highest BCUT2D eigenvalue weighted by Crippen LogP contribution is 2.19. The fourth-order valence-corrected chi connectivity index (χ4v) is 3.32. The van der Waals surface area contributed by atoms with Crippen LogP contribution in [0.15, 0.2) is 35.9 Å². The number of hydrogen-bond acceptors (Lipinski definition) is 2. The second-order valence-corrected chi connectivity index (χ2v) is 7.26. The van der Waals surface area contributed by atoms with E-state index in [1.165, 1.54) is 18.4 Å². The second kappa shape index (κ2) is 10.4. The number of halogens is 1. The van der Waals surface area contributed by atoms with Gasteiger partial charge in [0.1, 0.15) is 6.04 Å². The lowest BCUT2D eigenvalue weighted by Crippen LogP contribution is -2.47. The summed E-state index contributed by atoms with van der Waals surface area (Å²) in [5, 5.41) is 3.65. The molecule has 0 radical (unpaired) electrons. The Labute approximate surface area is 161 Å². The van der Waals surface area contributed by atoms with E-state index in [0.717, 1.165) is 24.8 Å². The van der Waals surface area contributed by atoms with Gasteiger partial charge in [-0.2, -0.15) is 0 Å². The van der Waals surface area contributed by atoms with E-state index < -0.39 is 6.04 Å². The Bertz CT molecular complexity index is 640. The maximum Gasteiger partial charge on any atom is 0.242 e. The van der Waals surface area contributed by atoms with Crippen LogP contribution in [0.25, 0.3) is 0 Å². The molecule has 1 aliphatic rings. The number of nitrogens with one attached hydrogen (secondary N) is 1. The minimum absolute atomic E-state index is 0.0300. The van der Waals surface area contributed by atoms with E-state index in [4.69, 9.17) is 11.6 Å². The third-order valence-electron chi connectivity index (χ3n) is 4.87. The van der Waals surface area contributed by atoms with Crippen LogP contribution >= 0.6 is 11.6 Å². The van der Waals surface area contributed by atoms with E-state index in [1.807, 2.05) is 19.1 Å². The average molecular weight is 377 g/mol. The number of carbonyl (C=O) groups is 2. The van der Waals surface area contributed by atoms with Gasteiger partial charge >= 0.3 is 0 Å². The highest BCUT2D eigenvalue weighted by atomic mass is 35.5. The number of rotatable bonds is 8. The Morgan fingerprint density at radius 2 is 1.96 bits per heavy atom. The SMILES string of the molecule is CCC(=O)N(Cc1ccc(Cl)cc1)[C@H](C)C(=O)NCCC1=CCCCC1. The van der Waals surface area contributed by atoms with Crippen molar-refractivity contribution in [3.05, 3.63) is 46.5 Å². The summed E-state index contributed by atoms with van der Waals surface area (Å²) in [6.07, 6.45) is 8.38. The van der Waals surface area contributed by atoms with Gasteiger partial charge in [0.05, 0.1) is 0 Å². The molecular formula is C21H29ClN2O2. The van der Waals surface area contributed by atoms with Gasteiger partial charge < -0.3 is 10.2 Å². The lowest BCUT2D eigenvalue weighted by Gasteiger charge is -2.28. The van der Waals surface area contributed by atoms with Crippen molar-refractivity contribution in [2.75, 3.05) is 6.54 Å². The van der Waals surface area contributed by atoms with Gasteiger partial charge in [0.15, 0.2) is 0 Å². The van der Waals surface area contributed by atoms with Gasteiger partial charge in [-0.05, 0) is 56.7 Å². The van der Waals surface area contributed by atoms with E-state index in [0.29, 0.717) is 24.5 Å². The molecule has 1 aromatic rings. The number of hydrogen-bond donors (Lipinski definition) is 1. The third kappa shape index (κ3) is 6.17. The fraction of sp³-hybridized carbons (Fsp3) is 0.524. The monoisotopic (exact) mass is 376 g/mol. The van der Waals surface area contributed by atoms with Crippen LogP contribution in [0.5, 0.6) is 0 Å². The summed E-state index contributed by atoms with van der Waals surface area (Å²) in [5.74, 6) is -0.130. The van der Waals surface area contributed by atoms with E-state index in [2.05, 4.69) is 11.4 Å². The Kier molecular flexibility index (Phi) is 8.17. The molecule has 0 saturated carbocycles. The molecular weight excluding hydrogens is 348 g/mol. The number of allylic oxidation sites excluding steroid dienone is 1. The zero-order chi connectivity index (χ0) is 18.9. The smallest absolute Gasteiger partial charge is 0.242 e. The van der Waals surface area contributed by atoms with E-state index in [9.17, 15) is 9.59 Å². The van der Waals surface area contributed by atoms with Crippen molar-refractivity contribution in [3.8, 4) is 0 Å². The topological polar surface area (TPSA) is 49.4 Å². The van der Waals surface area contributed by atoms with Crippen molar-refractivity contribution in [3.63, 3.8) is 0 Å². The van der Waals surface area contributed by atoms with Crippen LogP contribution in [-0.2, 0) is 16.1 Å². The van der Waals surface area contributed by atoms with Crippen LogP contribution < -0.4 is 5.32 Å². The summed E-state index contributed by atoms with van der Waals surface area (Å²) in [6.45, 7) is 4.64. The lowest BCUT2D eigenvalue weighted by molar-refractivity contribution is -0.140. The zero-order valence-corrected chi connectivity index (χ0v) is 16.5. The van der Waals surface area contributed by atoms with Crippen molar-refractivity contribution in [2.24, 2.45) is 0 Å². The first-order chi connectivity index (χ1) is 12.5. The molecule has 0 spiro atoms. The van der Waals surface area contributed by atoms with Crippen LogP contribution in [0, 0.1) is 0 Å². The van der Waals surface area contributed by atoms with Gasteiger partial charge in [-0.1, -0.05) is 42.3 Å². The molecule has 0 unspecified atom stereocenters. The molecule has 4 nitrogen and oxygen atoms in total. The van der Waals surface area contributed by atoms with Gasteiger partial charge in [0, 0.05) is 24.5 Å². The maximum absolute atomic E-state index is 12.5. The average Bonchev–Trinajstić information content (AvgIpc) is 2.67. The largest absolute Gasteiger partial charge is 0.354 e. The first-order valence-electron chi connectivity index (χ1n) is 9.50. The molecule has 2 amide bonds. The molecule has 2 rings (SSSR count). The molecule has 0 heterocycles. The molecule has 0 bridgehead atoms. The number of benzene rings is 1. The van der Waals surface area contributed by atoms with Gasteiger partial charge in [-0.15, -0.1) is 0 Å². The predicted molar refractivity (Wildman–Crippen MR) is 106 cm³/mol. The Hall–Kier alpha value is -1.81. The van der Waals surface area contributed by atoms with Gasteiger partial charge in [0.25, 0.3) is 0 Å². The number of carbonyl (C=O) groups excluding carboxylic acids is 2. The number of nitrogens with zero attached hydrogens (tertiary/aromatic N) is 1. The summed E-state index contributed by atoms with van der Waals surface area (Å²) in [7, 11) is 0. The third-order valence-corrected chi connectivity index (χ3v) is 5.12. The van der Waals surface area contributed by atoms with Crippen molar-refractivity contribution >= 4 is 23.4 Å². The highest BCUT2D eigenvalue weighted by Gasteiger charge is 2.24. The van der Waals surface area contributed by atoms with Crippen LogP contribution in [0.1, 0.15) is 57.9 Å². The normalized spacial score (nSPS) is 15.1. The van der Waals surface area contributed by atoms with Crippen LogP contribution in [-0.4, -0.2) is 29.3 Å². The second-order valence-electron chi connectivity index (χ2n) is 6.83. The quantitative estimate of drug-likeness (QED) is 0.680. The van der Waals surface area contributed by atoms with Gasteiger partial charge in [0.2, 0.25) is 11.8 Å². The first-order valence-corrected chi connectivity index (χ1v) is 9.88. The first kappa shape index (κ1) is 20.5. The minimum atomic E-state index is -0.501. The number of amides is 2.